The molecule has 0 atom stereocenters. The van der Waals surface area contributed by atoms with Crippen molar-refractivity contribution in [2.45, 2.75) is 23.8 Å². The quantitative estimate of drug-likeness (QED) is 0.814. The normalized spacial score (nSPS) is 15.8. The van der Waals surface area contributed by atoms with Gasteiger partial charge in [-0.2, -0.15) is 0 Å². The van der Waals surface area contributed by atoms with Gasteiger partial charge in [0, 0.05) is 22.3 Å². The van der Waals surface area contributed by atoms with Gasteiger partial charge in [-0.15, -0.1) is 0 Å². The summed E-state index contributed by atoms with van der Waals surface area (Å²) in [5, 5.41) is 0. The van der Waals surface area contributed by atoms with Gasteiger partial charge in [-0.3, -0.25) is 0 Å². The first-order valence-electron chi connectivity index (χ1n) is 5.62. The first-order valence-corrected chi connectivity index (χ1v) is 7.93. The summed E-state index contributed by atoms with van der Waals surface area (Å²) in [6, 6.07) is 7.12. The van der Waals surface area contributed by atoms with Crippen LogP contribution in [0.1, 0.15) is 18.9 Å². The minimum Gasteiger partial charge on any atom is -0.328 e. The minimum atomic E-state index is -3.69. The van der Waals surface area contributed by atoms with Gasteiger partial charge in [0.1, 0.15) is 0 Å². The zero-order valence-corrected chi connectivity index (χ0v) is 11.0. The molecule has 0 aliphatic heterocycles. The second-order valence-corrected chi connectivity index (χ2v) is 6.95. The van der Waals surface area contributed by atoms with Crippen LogP contribution in [0.2, 0.25) is 0 Å². The number of aromatic nitrogens is 2. The number of rotatable bonds is 3. The highest BCUT2D eigenvalue weighted by molar-refractivity contribution is 8.13. The molecule has 0 unspecified atom stereocenters. The molecule has 0 radical (unpaired) electrons. The number of hydrogen-bond donors (Lipinski definition) is 0. The first kappa shape index (κ1) is 11.7. The number of imidazole rings is 1. The Labute approximate surface area is 110 Å². The Kier molecular flexibility index (Phi) is 2.68. The van der Waals surface area contributed by atoms with Gasteiger partial charge in [0.25, 0.3) is 9.05 Å². The lowest BCUT2D eigenvalue weighted by Gasteiger charge is -2.07. The van der Waals surface area contributed by atoms with Crippen LogP contribution in [0.3, 0.4) is 0 Å². The molecule has 0 bridgehead atoms. The fourth-order valence-electron chi connectivity index (χ4n) is 1.98. The molecule has 18 heavy (non-hydrogen) atoms. The van der Waals surface area contributed by atoms with Crippen LogP contribution in [-0.2, 0) is 9.05 Å². The zero-order valence-electron chi connectivity index (χ0n) is 9.45. The van der Waals surface area contributed by atoms with Gasteiger partial charge in [-0.25, -0.2) is 13.4 Å². The monoisotopic (exact) mass is 282 g/mol. The smallest absolute Gasteiger partial charge is 0.261 e. The van der Waals surface area contributed by atoms with E-state index in [2.05, 4.69) is 9.55 Å². The molecule has 3 rings (SSSR count). The number of nitrogens with zero attached hydrogens (tertiary/aromatic N) is 2. The molecule has 1 heterocycles. The molecule has 0 saturated heterocycles. The van der Waals surface area contributed by atoms with Gasteiger partial charge in [0.05, 0.1) is 23.1 Å². The molecule has 1 aliphatic rings. The molecule has 0 N–H and O–H groups in total. The zero-order chi connectivity index (χ0) is 12.8. The van der Waals surface area contributed by atoms with Crippen molar-refractivity contribution in [1.29, 1.82) is 0 Å². The molecular formula is C12H11ClN2O2S. The van der Waals surface area contributed by atoms with Crippen molar-refractivity contribution in [3.05, 3.63) is 36.8 Å². The van der Waals surface area contributed by atoms with Crippen LogP contribution in [0.4, 0.5) is 0 Å². The Morgan fingerprint density at radius 1 is 1.33 bits per heavy atom. The molecule has 6 heteroatoms. The van der Waals surface area contributed by atoms with Crippen molar-refractivity contribution in [2.24, 2.45) is 0 Å². The lowest BCUT2D eigenvalue weighted by atomic mass is 10.1. The maximum atomic E-state index is 11.3. The standard InChI is InChI=1S/C12H11ClN2O2S/c13-18(16,17)11-3-1-2-9(6-11)12-7-14-8-15(12)10-4-5-10/h1-3,6-8,10H,4-5H2. The molecule has 4 nitrogen and oxygen atoms in total. The second kappa shape index (κ2) is 4.10. The average molecular weight is 283 g/mol. The number of benzene rings is 1. The molecule has 0 spiro atoms. The number of hydrogen-bond acceptors (Lipinski definition) is 3. The SMILES string of the molecule is O=S(=O)(Cl)c1cccc(-c2cncn2C2CC2)c1. The van der Waals surface area contributed by atoms with E-state index in [1.165, 1.54) is 6.07 Å². The molecule has 1 aliphatic carbocycles. The van der Waals surface area contributed by atoms with Crippen LogP contribution >= 0.6 is 10.7 Å². The Balaban J connectivity index is 2.09. The highest BCUT2D eigenvalue weighted by Crippen LogP contribution is 2.38. The summed E-state index contributed by atoms with van der Waals surface area (Å²) in [6.45, 7) is 0. The summed E-state index contributed by atoms with van der Waals surface area (Å²) in [6.07, 6.45) is 5.83. The second-order valence-electron chi connectivity index (χ2n) is 4.38. The van der Waals surface area contributed by atoms with Gasteiger partial charge in [-0.05, 0) is 25.0 Å². The molecule has 1 saturated carbocycles. The lowest BCUT2D eigenvalue weighted by molar-refractivity contribution is 0.609. The average Bonchev–Trinajstić information content (AvgIpc) is 3.06. The molecular weight excluding hydrogens is 272 g/mol. The van der Waals surface area contributed by atoms with Gasteiger partial charge < -0.3 is 4.57 Å². The number of halogens is 1. The third-order valence-corrected chi connectivity index (χ3v) is 4.37. The van der Waals surface area contributed by atoms with Crippen molar-refractivity contribution in [2.75, 3.05) is 0 Å². The first-order chi connectivity index (χ1) is 8.55. The van der Waals surface area contributed by atoms with Crippen molar-refractivity contribution in [3.63, 3.8) is 0 Å². The Bertz CT molecular complexity index is 690. The summed E-state index contributed by atoms with van der Waals surface area (Å²) in [5.74, 6) is 0. The van der Waals surface area contributed by atoms with Gasteiger partial charge >= 0.3 is 0 Å². The Morgan fingerprint density at radius 3 is 2.78 bits per heavy atom. The van der Waals surface area contributed by atoms with E-state index in [1.54, 1.807) is 24.7 Å². The third kappa shape index (κ3) is 2.15. The highest BCUT2D eigenvalue weighted by atomic mass is 35.7. The van der Waals surface area contributed by atoms with Crippen LogP contribution in [0.5, 0.6) is 0 Å². The Morgan fingerprint density at radius 2 is 2.11 bits per heavy atom. The van der Waals surface area contributed by atoms with E-state index in [0.29, 0.717) is 6.04 Å². The van der Waals surface area contributed by atoms with E-state index in [4.69, 9.17) is 10.7 Å². The van der Waals surface area contributed by atoms with E-state index in [-0.39, 0.29) is 4.90 Å². The van der Waals surface area contributed by atoms with E-state index in [1.807, 2.05) is 6.07 Å². The van der Waals surface area contributed by atoms with Crippen molar-refractivity contribution >= 4 is 19.7 Å². The van der Waals surface area contributed by atoms with Crippen LogP contribution < -0.4 is 0 Å². The summed E-state index contributed by atoms with van der Waals surface area (Å²) in [4.78, 5) is 4.25. The molecule has 1 aromatic carbocycles. The molecule has 94 valence electrons. The maximum absolute atomic E-state index is 11.3. The van der Waals surface area contributed by atoms with E-state index in [9.17, 15) is 8.42 Å². The highest BCUT2D eigenvalue weighted by Gasteiger charge is 2.25. The lowest BCUT2D eigenvalue weighted by Crippen LogP contribution is -1.96. The van der Waals surface area contributed by atoms with Crippen LogP contribution in [0, 0.1) is 0 Å². The molecule has 1 aromatic heterocycles. The predicted molar refractivity (Wildman–Crippen MR) is 69.0 cm³/mol. The van der Waals surface area contributed by atoms with Crippen molar-refractivity contribution in [3.8, 4) is 11.3 Å². The van der Waals surface area contributed by atoms with E-state index < -0.39 is 9.05 Å². The molecule has 1 fully saturated rings. The van der Waals surface area contributed by atoms with Crippen LogP contribution in [-0.4, -0.2) is 18.0 Å². The summed E-state index contributed by atoms with van der Waals surface area (Å²) < 4.78 is 24.7. The topological polar surface area (TPSA) is 52.0 Å². The summed E-state index contributed by atoms with van der Waals surface area (Å²) in [5.41, 5.74) is 1.75. The van der Waals surface area contributed by atoms with Gasteiger partial charge in [-0.1, -0.05) is 12.1 Å². The predicted octanol–water partition coefficient (Wildman–Crippen LogP) is 2.81. The summed E-state index contributed by atoms with van der Waals surface area (Å²) in [7, 11) is 1.67. The molecule has 2 aromatic rings. The van der Waals surface area contributed by atoms with Crippen LogP contribution in [0.25, 0.3) is 11.3 Å². The maximum Gasteiger partial charge on any atom is 0.261 e. The largest absolute Gasteiger partial charge is 0.328 e. The van der Waals surface area contributed by atoms with E-state index in [0.717, 1.165) is 24.1 Å². The van der Waals surface area contributed by atoms with E-state index >= 15 is 0 Å². The van der Waals surface area contributed by atoms with Crippen LogP contribution in [0.15, 0.2) is 41.7 Å². The fraction of sp³-hybridized carbons (Fsp3) is 0.250. The van der Waals surface area contributed by atoms with Gasteiger partial charge in [0.15, 0.2) is 0 Å². The van der Waals surface area contributed by atoms with Crippen molar-refractivity contribution < 1.29 is 8.42 Å². The Hall–Kier alpha value is -1.33. The third-order valence-electron chi connectivity index (χ3n) is 3.02. The fourth-order valence-corrected chi connectivity index (χ4v) is 2.78. The summed E-state index contributed by atoms with van der Waals surface area (Å²) >= 11 is 0. The van der Waals surface area contributed by atoms with Gasteiger partial charge in [0.2, 0.25) is 0 Å². The molecule has 0 amide bonds. The van der Waals surface area contributed by atoms with Crippen molar-refractivity contribution in [1.82, 2.24) is 9.55 Å². The minimum absolute atomic E-state index is 0.116.